The molecule has 3 rings (SSSR count). The highest BCUT2D eigenvalue weighted by atomic mass is 32.1. The number of nitrogens with two attached hydrogens (primary N) is 1. The maximum absolute atomic E-state index is 12.4. The molecule has 2 aromatic rings. The van der Waals surface area contributed by atoms with Crippen LogP contribution in [0, 0.1) is 0 Å². The summed E-state index contributed by atoms with van der Waals surface area (Å²) in [5.41, 5.74) is 5.68. The van der Waals surface area contributed by atoms with Gasteiger partial charge in [0.15, 0.2) is 17.7 Å². The van der Waals surface area contributed by atoms with E-state index in [1.165, 1.54) is 16.2 Å². The molecule has 0 fully saturated rings. The summed E-state index contributed by atoms with van der Waals surface area (Å²) in [6.07, 6.45) is -0.722. The second kappa shape index (κ2) is 6.99. The molecule has 3 N–H and O–H groups in total. The number of carbonyl (C=O) groups excluding carboxylic acids is 2. The molecule has 0 bridgehead atoms. The van der Waals surface area contributed by atoms with Gasteiger partial charge in [-0.05, 0) is 19.1 Å². The number of nitrogens with one attached hydrogen (secondary N) is 1. The summed E-state index contributed by atoms with van der Waals surface area (Å²) in [7, 11) is 1.54. The molecule has 1 atom stereocenters. The zero-order chi connectivity index (χ0) is 18.0. The third kappa shape index (κ3) is 3.67. The quantitative estimate of drug-likeness (QED) is 0.780. The number of pyridine rings is 1. The second-order valence-electron chi connectivity index (χ2n) is 5.22. The minimum Gasteiger partial charge on any atom is -0.477 e. The second-order valence-corrected chi connectivity index (χ2v) is 6.29. The number of ether oxygens (including phenoxy) is 2. The molecule has 0 radical (unpaired) electrons. The van der Waals surface area contributed by atoms with Crippen molar-refractivity contribution >= 4 is 39.9 Å². The van der Waals surface area contributed by atoms with Crippen LogP contribution in [0.2, 0.25) is 0 Å². The van der Waals surface area contributed by atoms with Gasteiger partial charge in [-0.25, -0.2) is 4.98 Å². The van der Waals surface area contributed by atoms with Gasteiger partial charge in [-0.3, -0.25) is 19.8 Å². The van der Waals surface area contributed by atoms with Crippen molar-refractivity contribution in [1.29, 1.82) is 0 Å². The number of methoxy groups -OCH3 is 1. The molecule has 132 valence electrons. The summed E-state index contributed by atoms with van der Waals surface area (Å²) in [5, 5.41) is 11.3. The van der Waals surface area contributed by atoms with Gasteiger partial charge in [-0.15, -0.1) is 10.2 Å². The van der Waals surface area contributed by atoms with Crippen molar-refractivity contribution in [2.45, 2.75) is 19.6 Å². The van der Waals surface area contributed by atoms with Crippen LogP contribution >= 0.6 is 11.3 Å². The van der Waals surface area contributed by atoms with Crippen molar-refractivity contribution in [3.63, 3.8) is 0 Å². The van der Waals surface area contributed by atoms with Crippen LogP contribution < -0.4 is 20.7 Å². The van der Waals surface area contributed by atoms with Gasteiger partial charge in [0.05, 0.1) is 0 Å². The lowest BCUT2D eigenvalue weighted by Crippen LogP contribution is -2.48. The first-order valence-electron chi connectivity index (χ1n) is 7.33. The largest absolute Gasteiger partial charge is 0.477 e. The average Bonchev–Trinajstić information content (AvgIpc) is 3.00. The molecule has 1 unspecified atom stereocenters. The lowest BCUT2D eigenvalue weighted by atomic mass is 10.2. The van der Waals surface area contributed by atoms with E-state index in [2.05, 4.69) is 20.5 Å². The number of nitrogen functional groups attached to an aromatic ring is 1. The molecule has 10 nitrogen and oxygen atoms in total. The number of amides is 2. The van der Waals surface area contributed by atoms with Crippen LogP contribution in [0.1, 0.15) is 11.9 Å². The van der Waals surface area contributed by atoms with Crippen LogP contribution in [0.3, 0.4) is 0 Å². The number of anilines is 3. The fourth-order valence-electron chi connectivity index (χ4n) is 2.24. The highest BCUT2D eigenvalue weighted by molar-refractivity contribution is 7.15. The predicted octanol–water partition coefficient (Wildman–Crippen LogP) is 0.414. The molecule has 3 heterocycles. The topological polar surface area (TPSA) is 133 Å². The lowest BCUT2D eigenvalue weighted by molar-refractivity contribution is -0.127. The maximum Gasteiger partial charge on any atom is 0.269 e. The Morgan fingerprint density at radius 2 is 2.28 bits per heavy atom. The van der Waals surface area contributed by atoms with E-state index in [1.54, 1.807) is 26.2 Å². The zero-order valence-electron chi connectivity index (χ0n) is 13.6. The van der Waals surface area contributed by atoms with Crippen LogP contribution in [0.4, 0.5) is 16.8 Å². The first kappa shape index (κ1) is 17.0. The van der Waals surface area contributed by atoms with Crippen LogP contribution in [0.5, 0.6) is 5.75 Å². The molecular weight excluding hydrogens is 348 g/mol. The van der Waals surface area contributed by atoms with Crippen molar-refractivity contribution in [1.82, 2.24) is 15.2 Å². The van der Waals surface area contributed by atoms with Gasteiger partial charge in [0.25, 0.3) is 5.91 Å². The Hall–Kier alpha value is -2.79. The number of nitrogens with zero attached hydrogens (tertiary/aromatic N) is 4. The monoisotopic (exact) mass is 364 g/mol. The summed E-state index contributed by atoms with van der Waals surface area (Å²) in [4.78, 5) is 30.0. The number of carbonyl (C=O) groups is 2. The first-order valence-corrected chi connectivity index (χ1v) is 8.15. The summed E-state index contributed by atoms with van der Waals surface area (Å²) in [6.45, 7) is 1.67. The zero-order valence-corrected chi connectivity index (χ0v) is 14.4. The number of aromatic nitrogens is 3. The van der Waals surface area contributed by atoms with Crippen LogP contribution in [0.25, 0.3) is 0 Å². The number of rotatable bonds is 5. The maximum atomic E-state index is 12.4. The molecule has 1 aliphatic heterocycles. The van der Waals surface area contributed by atoms with E-state index >= 15 is 0 Å². The fraction of sp³-hybridized carbons (Fsp3) is 0.357. The van der Waals surface area contributed by atoms with Crippen LogP contribution in [-0.4, -0.2) is 46.8 Å². The average molecular weight is 364 g/mol. The standard InChI is InChI=1S/C14H16N6O4S/c1-7-13(22)20(12-8(24-7)3-4-9(15)16-12)5-10(21)17-14-19-18-11(25-14)6-23-2/h3-4,7H,5-6H2,1-2H3,(H2,15,16)(H,17,19,21). The smallest absolute Gasteiger partial charge is 0.269 e. The summed E-state index contributed by atoms with van der Waals surface area (Å²) in [5.74, 6) is 0.0299. The highest BCUT2D eigenvalue weighted by Gasteiger charge is 2.34. The molecule has 2 aromatic heterocycles. The van der Waals surface area contributed by atoms with Gasteiger partial charge < -0.3 is 15.2 Å². The Kier molecular flexibility index (Phi) is 4.76. The van der Waals surface area contributed by atoms with Crippen molar-refractivity contribution in [2.24, 2.45) is 0 Å². The van der Waals surface area contributed by atoms with E-state index < -0.39 is 12.0 Å². The summed E-state index contributed by atoms with van der Waals surface area (Å²) < 4.78 is 10.4. The highest BCUT2D eigenvalue weighted by Crippen LogP contribution is 2.32. The molecular formula is C14H16N6O4S. The number of fused-ring (bicyclic) bond motifs is 1. The molecule has 11 heteroatoms. The predicted molar refractivity (Wildman–Crippen MR) is 90.3 cm³/mol. The number of hydrogen-bond donors (Lipinski definition) is 2. The minimum absolute atomic E-state index is 0.218. The molecule has 2 amide bonds. The van der Waals surface area contributed by atoms with Gasteiger partial charge in [0.2, 0.25) is 11.0 Å². The first-order chi connectivity index (χ1) is 12.0. The van der Waals surface area contributed by atoms with Crippen LogP contribution in [-0.2, 0) is 20.9 Å². The molecule has 0 spiro atoms. The van der Waals surface area contributed by atoms with Crippen molar-refractivity contribution in [2.75, 3.05) is 29.6 Å². The SMILES string of the molecule is COCc1nnc(NC(=O)CN2C(=O)C(C)Oc3ccc(N)nc32)s1. The summed E-state index contributed by atoms with van der Waals surface area (Å²) >= 11 is 1.19. The van der Waals surface area contributed by atoms with Gasteiger partial charge in [0.1, 0.15) is 24.0 Å². The molecule has 1 aliphatic rings. The van der Waals surface area contributed by atoms with E-state index in [9.17, 15) is 9.59 Å². The van der Waals surface area contributed by atoms with Crippen molar-refractivity contribution in [3.8, 4) is 5.75 Å². The Bertz CT molecular complexity index is 810. The van der Waals surface area contributed by atoms with Crippen molar-refractivity contribution in [3.05, 3.63) is 17.1 Å². The normalized spacial score (nSPS) is 16.3. The lowest BCUT2D eigenvalue weighted by Gasteiger charge is -2.31. The Labute approximate surface area is 147 Å². The van der Waals surface area contributed by atoms with E-state index in [-0.39, 0.29) is 24.1 Å². The third-order valence-electron chi connectivity index (χ3n) is 3.32. The Balaban J connectivity index is 1.75. The van der Waals surface area contributed by atoms with E-state index in [1.807, 2.05) is 0 Å². The van der Waals surface area contributed by atoms with E-state index in [4.69, 9.17) is 15.2 Å². The number of hydrogen-bond acceptors (Lipinski definition) is 9. The molecule has 0 aromatic carbocycles. The van der Waals surface area contributed by atoms with E-state index in [0.29, 0.717) is 22.5 Å². The van der Waals surface area contributed by atoms with E-state index in [0.717, 1.165) is 0 Å². The molecule has 0 saturated carbocycles. The van der Waals surface area contributed by atoms with Gasteiger partial charge in [0, 0.05) is 7.11 Å². The van der Waals surface area contributed by atoms with Crippen molar-refractivity contribution < 1.29 is 19.1 Å². The third-order valence-corrected chi connectivity index (χ3v) is 4.13. The van der Waals surface area contributed by atoms with Gasteiger partial charge in [-0.1, -0.05) is 11.3 Å². The fourth-order valence-corrected chi connectivity index (χ4v) is 2.97. The molecule has 0 saturated heterocycles. The van der Waals surface area contributed by atoms with Crippen LogP contribution in [0.15, 0.2) is 12.1 Å². The minimum atomic E-state index is -0.722. The van der Waals surface area contributed by atoms with Gasteiger partial charge in [-0.2, -0.15) is 0 Å². The molecule has 25 heavy (non-hydrogen) atoms. The Morgan fingerprint density at radius 3 is 3.04 bits per heavy atom. The summed E-state index contributed by atoms with van der Waals surface area (Å²) in [6, 6.07) is 3.19. The van der Waals surface area contributed by atoms with Gasteiger partial charge >= 0.3 is 0 Å². The molecule has 0 aliphatic carbocycles. The Morgan fingerprint density at radius 1 is 1.48 bits per heavy atom.